The van der Waals surface area contributed by atoms with Crippen LogP contribution in [0.25, 0.3) is 39.5 Å². The number of aromatic nitrogens is 5. The first kappa shape index (κ1) is 15.5. The molecule has 5 aromatic rings. The van der Waals surface area contributed by atoms with Crippen molar-refractivity contribution < 1.29 is 15.3 Å². The molecular weight excluding hydrogens is 404 g/mol. The number of fused-ring (bicyclic) bond motifs is 1. The number of methoxy groups -OCH3 is 1. The van der Waals surface area contributed by atoms with Gasteiger partial charge in [-0.3, -0.25) is 4.57 Å². The van der Waals surface area contributed by atoms with Crippen molar-refractivity contribution in [2.45, 2.75) is 6.61 Å². The summed E-state index contributed by atoms with van der Waals surface area (Å²) in [5.74, 6) is 0.666. The van der Waals surface area contributed by atoms with Crippen molar-refractivity contribution in [2.24, 2.45) is 0 Å². The molecule has 0 saturated heterocycles. The van der Waals surface area contributed by atoms with E-state index in [2.05, 4.69) is 9.97 Å². The van der Waals surface area contributed by atoms with Crippen molar-refractivity contribution in [3.8, 4) is 34.2 Å². The van der Waals surface area contributed by atoms with Gasteiger partial charge in [-0.1, -0.05) is 12.1 Å². The molecule has 0 aliphatic heterocycles. The lowest BCUT2D eigenvalue weighted by Crippen LogP contribution is -2.02. The molecule has 8 heteroatoms. The molecule has 5 rings (SSSR count). The van der Waals surface area contributed by atoms with Gasteiger partial charge in [-0.05, 0) is 48.0 Å². The van der Waals surface area contributed by atoms with E-state index < -0.39 is 7.04 Å². The van der Waals surface area contributed by atoms with Crippen LogP contribution in [0.2, 0.25) is 0 Å². The third-order valence-electron chi connectivity index (χ3n) is 5.02. The maximum atomic E-state index is 9.45. The molecule has 4 heterocycles. The lowest BCUT2D eigenvalue weighted by atomic mass is 10.2. The number of nitrogens with zero attached hydrogens (tertiary/aromatic N) is 5. The topological polar surface area (TPSA) is 112 Å². The fourth-order valence-electron chi connectivity index (χ4n) is 3.43. The van der Waals surface area contributed by atoms with Crippen LogP contribution in [0.4, 0.5) is 5.82 Å². The van der Waals surface area contributed by atoms with Gasteiger partial charge in [0.2, 0.25) is 5.88 Å². The molecule has 0 unspecified atom stereocenters. The van der Waals surface area contributed by atoms with Crippen LogP contribution < -0.4 is 10.5 Å². The molecule has 158 valence electrons. The molecule has 1 aromatic carbocycles. The molecule has 0 aliphatic carbocycles. The second-order valence-electron chi connectivity index (χ2n) is 6.98. The number of nitrogen functional groups attached to an aromatic ring is 1. The molecule has 0 radical (unpaired) electrons. The van der Waals surface area contributed by atoms with Crippen LogP contribution in [0.5, 0.6) is 5.88 Å². The number of benzene rings is 1. The highest BCUT2D eigenvalue weighted by molar-refractivity contribution is 5.84. The van der Waals surface area contributed by atoms with Gasteiger partial charge in [0.05, 0.1) is 30.4 Å². The third kappa shape index (κ3) is 3.42. The lowest BCUT2D eigenvalue weighted by Gasteiger charge is -2.11. The third-order valence-corrected chi connectivity index (χ3v) is 5.02. The minimum absolute atomic E-state index is 0.0868. The van der Waals surface area contributed by atoms with E-state index in [9.17, 15) is 5.11 Å². The van der Waals surface area contributed by atoms with E-state index in [0.717, 1.165) is 11.3 Å². The van der Waals surface area contributed by atoms with Crippen molar-refractivity contribution in [3.05, 3.63) is 78.6 Å². The maximum Gasteiger partial charge on any atom is 0.212 e. The van der Waals surface area contributed by atoms with Gasteiger partial charge in [0, 0.05) is 29.7 Å². The number of aliphatic hydroxyl groups excluding tert-OH is 1. The van der Waals surface area contributed by atoms with Crippen molar-refractivity contribution in [3.63, 3.8) is 0 Å². The molecular formula is C24H20N6O2. The number of pyridine rings is 3. The van der Waals surface area contributed by atoms with E-state index in [1.54, 1.807) is 42.6 Å². The van der Waals surface area contributed by atoms with Crippen LogP contribution in [0.3, 0.4) is 0 Å². The van der Waals surface area contributed by atoms with Crippen molar-refractivity contribution in [2.75, 3.05) is 12.8 Å². The van der Waals surface area contributed by atoms with Gasteiger partial charge >= 0.3 is 0 Å². The number of hydrogen-bond donors (Lipinski definition) is 2. The van der Waals surface area contributed by atoms with Crippen LogP contribution >= 0.6 is 0 Å². The van der Waals surface area contributed by atoms with E-state index in [1.165, 1.54) is 6.07 Å². The molecule has 8 nitrogen and oxygen atoms in total. The minimum atomic E-state index is -2.67. The number of nitrogens with two attached hydrogens (primary N) is 1. The Morgan fingerprint density at radius 2 is 1.94 bits per heavy atom. The molecule has 32 heavy (non-hydrogen) atoms. The minimum Gasteiger partial charge on any atom is -0.481 e. The van der Waals surface area contributed by atoms with Crippen LogP contribution in [0.1, 0.15) is 11.0 Å². The average molecular weight is 428 g/mol. The zero-order chi connectivity index (χ0) is 25.4. The van der Waals surface area contributed by atoms with Gasteiger partial charge < -0.3 is 15.6 Å². The quantitative estimate of drug-likeness (QED) is 0.440. The summed E-state index contributed by atoms with van der Waals surface area (Å²) < 4.78 is 36.6. The number of rotatable bonds is 5. The fraction of sp³-hybridized carbons (Fsp3) is 0.0833. The zero-order valence-corrected chi connectivity index (χ0v) is 16.7. The van der Waals surface area contributed by atoms with E-state index >= 15 is 0 Å². The number of imidazole rings is 1. The van der Waals surface area contributed by atoms with Crippen molar-refractivity contribution >= 4 is 17.0 Å². The smallest absolute Gasteiger partial charge is 0.212 e. The molecule has 0 aliphatic rings. The lowest BCUT2D eigenvalue weighted by molar-refractivity contribution is 0.282. The highest BCUT2D eigenvalue weighted by Gasteiger charge is 2.18. The standard InChI is InChI=1S/C24H20N6O2/c1-32-21-11-6-16(13-27-21)19-9-10-20-24(28-19)30(17-7-4-15(14-31)5-8-17)23(29-20)18-3-2-12-26-22(18)25/h2-13,31H,14H2,1H3,(H2,25,26)/i1D3,13D. The molecule has 4 aromatic heterocycles. The van der Waals surface area contributed by atoms with E-state index in [4.69, 9.17) is 25.9 Å². The van der Waals surface area contributed by atoms with Gasteiger partial charge in [-0.2, -0.15) is 0 Å². The molecule has 0 spiro atoms. The first-order valence-electron chi connectivity index (χ1n) is 11.7. The van der Waals surface area contributed by atoms with Crippen LogP contribution in [0, 0.1) is 0 Å². The Kier molecular flexibility index (Phi) is 3.92. The summed E-state index contributed by atoms with van der Waals surface area (Å²) >= 11 is 0. The normalized spacial score (nSPS) is 13.3. The van der Waals surface area contributed by atoms with Crippen molar-refractivity contribution in [1.29, 1.82) is 0 Å². The average Bonchev–Trinajstić information content (AvgIpc) is 3.22. The monoisotopic (exact) mass is 428 g/mol. The van der Waals surface area contributed by atoms with Crippen LogP contribution in [-0.2, 0) is 6.61 Å². The Labute approximate surface area is 189 Å². The van der Waals surface area contributed by atoms with E-state index in [0.29, 0.717) is 39.6 Å². The number of ether oxygens (including phenoxy) is 1. The Balaban J connectivity index is 1.69. The maximum absolute atomic E-state index is 9.45. The summed E-state index contributed by atoms with van der Waals surface area (Å²) in [4.78, 5) is 17.7. The summed E-state index contributed by atoms with van der Waals surface area (Å²) in [6.07, 6.45) is 1.42. The van der Waals surface area contributed by atoms with Gasteiger partial charge in [0.25, 0.3) is 0 Å². The molecule has 0 bridgehead atoms. The van der Waals surface area contributed by atoms with Crippen molar-refractivity contribution in [1.82, 2.24) is 24.5 Å². The molecule has 0 atom stereocenters. The highest BCUT2D eigenvalue weighted by atomic mass is 16.5. The summed E-state index contributed by atoms with van der Waals surface area (Å²) in [6, 6.07) is 17.3. The Morgan fingerprint density at radius 3 is 2.69 bits per heavy atom. The Bertz CT molecular complexity index is 1570. The van der Waals surface area contributed by atoms with E-state index in [-0.39, 0.29) is 18.7 Å². The van der Waals surface area contributed by atoms with Gasteiger partial charge in [-0.15, -0.1) is 0 Å². The van der Waals surface area contributed by atoms with Gasteiger partial charge in [0.1, 0.15) is 11.3 Å². The molecule has 0 fully saturated rings. The number of hydrogen-bond acceptors (Lipinski definition) is 7. The van der Waals surface area contributed by atoms with Crippen LogP contribution in [0.15, 0.2) is 73.0 Å². The summed E-state index contributed by atoms with van der Waals surface area (Å²) in [5.41, 5.74) is 10.2. The predicted molar refractivity (Wildman–Crippen MR) is 122 cm³/mol. The fourth-order valence-corrected chi connectivity index (χ4v) is 3.43. The SMILES string of the molecule is [2H]c1nc(OC([2H])([2H])[2H])ccc1-c1ccc2nc(-c3cccnc3N)n(-c3ccc(CO)cc3)c2n1. The summed E-state index contributed by atoms with van der Waals surface area (Å²) in [7, 11) is -2.67. The Morgan fingerprint density at radius 1 is 1.06 bits per heavy atom. The molecule has 0 amide bonds. The van der Waals surface area contributed by atoms with E-state index in [1.807, 2.05) is 22.8 Å². The zero-order valence-electron chi connectivity index (χ0n) is 20.7. The highest BCUT2D eigenvalue weighted by Crippen LogP contribution is 2.31. The Hall–Kier alpha value is -4.30. The first-order chi connectivity index (χ1) is 17.2. The number of anilines is 1. The van der Waals surface area contributed by atoms with Gasteiger partial charge in [-0.25, -0.2) is 19.9 Å². The summed E-state index contributed by atoms with van der Waals surface area (Å²) in [6.45, 7) is -0.0868. The largest absolute Gasteiger partial charge is 0.481 e. The number of aliphatic hydroxyl groups is 1. The predicted octanol–water partition coefficient (Wildman–Crippen LogP) is 3.63. The molecule has 0 saturated carbocycles. The van der Waals surface area contributed by atoms with Gasteiger partial charge in [0.15, 0.2) is 11.5 Å². The first-order valence-corrected chi connectivity index (χ1v) is 9.71. The van der Waals surface area contributed by atoms with Crippen LogP contribution in [-0.4, -0.2) is 36.6 Å². The molecule has 3 N–H and O–H groups in total. The second-order valence-corrected chi connectivity index (χ2v) is 6.98. The summed E-state index contributed by atoms with van der Waals surface area (Å²) in [5, 5.41) is 9.45. The second kappa shape index (κ2) is 8.09.